The predicted molar refractivity (Wildman–Crippen MR) is 133 cm³/mol. The summed E-state index contributed by atoms with van der Waals surface area (Å²) in [6, 6.07) is 9.39. The van der Waals surface area contributed by atoms with Gasteiger partial charge in [0.25, 0.3) is 15.9 Å². The van der Waals surface area contributed by atoms with Crippen molar-refractivity contribution in [3.05, 3.63) is 39.5 Å². The number of piperidine rings is 1. The topological polar surface area (TPSA) is 71.7 Å². The van der Waals surface area contributed by atoms with Gasteiger partial charge in [0.2, 0.25) is 0 Å². The summed E-state index contributed by atoms with van der Waals surface area (Å²) in [5.74, 6) is -0.702. The maximum atomic E-state index is 13.1. The molecule has 1 aromatic carbocycles. The molecule has 1 aliphatic rings. The zero-order valence-electron chi connectivity index (χ0n) is 17.8. The van der Waals surface area contributed by atoms with Crippen molar-refractivity contribution in [1.29, 1.82) is 0 Å². The van der Waals surface area contributed by atoms with E-state index in [1.165, 1.54) is 26.6 Å². The Morgan fingerprint density at radius 2 is 2.09 bits per heavy atom. The average molecular weight is 530 g/mol. The summed E-state index contributed by atoms with van der Waals surface area (Å²) >= 11 is 10.2. The Hall–Kier alpha value is -1.17. The van der Waals surface area contributed by atoms with Gasteiger partial charge in [-0.1, -0.05) is 29.9 Å². The van der Waals surface area contributed by atoms with E-state index in [4.69, 9.17) is 11.6 Å². The van der Waals surface area contributed by atoms with Crippen LogP contribution in [0.4, 0.5) is 0 Å². The number of amides is 1. The summed E-state index contributed by atoms with van der Waals surface area (Å²) < 4.78 is 31.2. The highest BCUT2D eigenvalue weighted by molar-refractivity contribution is 7.98. The van der Waals surface area contributed by atoms with Gasteiger partial charge in [-0.25, -0.2) is 8.42 Å². The number of thioether (sulfide) groups is 1. The summed E-state index contributed by atoms with van der Waals surface area (Å²) in [7, 11) is -3.66. The van der Waals surface area contributed by atoms with Crippen LogP contribution >= 0.6 is 46.0 Å². The van der Waals surface area contributed by atoms with Crippen molar-refractivity contribution in [3.8, 4) is 0 Å². The maximum absolute atomic E-state index is 13.1. The van der Waals surface area contributed by atoms with E-state index in [1.54, 1.807) is 17.8 Å². The smallest absolute Gasteiger partial charge is 0.252 e. The fourth-order valence-electron chi connectivity index (χ4n) is 3.82. The summed E-state index contributed by atoms with van der Waals surface area (Å²) in [6.45, 7) is 3.42. The second-order valence-corrected chi connectivity index (χ2v) is 13.3. The highest BCUT2D eigenvalue weighted by Gasteiger charge is 2.34. The highest BCUT2D eigenvalue weighted by Crippen LogP contribution is 2.31. The van der Waals surface area contributed by atoms with E-state index in [1.807, 2.05) is 6.26 Å². The number of halogens is 1. The number of thiazole rings is 1. The van der Waals surface area contributed by atoms with E-state index in [0.717, 1.165) is 34.5 Å². The molecule has 11 heteroatoms. The number of sulfonamides is 1. The first-order valence-electron chi connectivity index (χ1n) is 10.3. The number of carbonyl (C=O) groups is 1. The number of thiophene rings is 1. The molecular weight excluding hydrogens is 506 g/mol. The van der Waals surface area contributed by atoms with Crippen molar-refractivity contribution in [2.24, 2.45) is 10.9 Å². The molecule has 0 aliphatic carbocycles. The molecule has 172 valence electrons. The van der Waals surface area contributed by atoms with Crippen LogP contribution in [0.2, 0.25) is 4.34 Å². The first-order chi connectivity index (χ1) is 15.3. The number of fused-ring (bicyclic) bond motifs is 1. The number of rotatable bonds is 6. The van der Waals surface area contributed by atoms with Gasteiger partial charge in [0.1, 0.15) is 4.21 Å². The van der Waals surface area contributed by atoms with Gasteiger partial charge >= 0.3 is 0 Å². The van der Waals surface area contributed by atoms with E-state index in [2.05, 4.69) is 34.7 Å². The van der Waals surface area contributed by atoms with E-state index in [-0.39, 0.29) is 16.7 Å². The molecule has 6 nitrogen and oxygen atoms in total. The van der Waals surface area contributed by atoms with Crippen molar-refractivity contribution in [3.63, 3.8) is 0 Å². The molecule has 4 rings (SSSR count). The monoisotopic (exact) mass is 529 g/mol. The van der Waals surface area contributed by atoms with Gasteiger partial charge in [-0.15, -0.1) is 23.1 Å². The molecule has 0 spiro atoms. The third-order valence-electron chi connectivity index (χ3n) is 5.42. The van der Waals surface area contributed by atoms with Crippen LogP contribution in [0, 0.1) is 5.92 Å². The van der Waals surface area contributed by atoms with E-state index >= 15 is 0 Å². The molecule has 1 aliphatic heterocycles. The van der Waals surface area contributed by atoms with Gasteiger partial charge in [-0.05, 0) is 55.9 Å². The zero-order valence-corrected chi connectivity index (χ0v) is 21.8. The molecule has 0 bridgehead atoms. The SMILES string of the molecule is CCCn1c(=NC(=O)C2CCCN(S(=O)(=O)c3ccc(Cl)s3)C2)sc2cc(SC)ccc21. The van der Waals surface area contributed by atoms with E-state index in [9.17, 15) is 13.2 Å². The van der Waals surface area contributed by atoms with Crippen LogP contribution in [-0.2, 0) is 21.4 Å². The first kappa shape index (κ1) is 24.0. The quantitative estimate of drug-likeness (QED) is 0.417. The number of hydrogen-bond donors (Lipinski definition) is 0. The molecule has 1 amide bonds. The Labute approximate surface area is 205 Å². The third-order valence-corrected chi connectivity index (χ3v) is 10.7. The molecule has 32 heavy (non-hydrogen) atoms. The van der Waals surface area contributed by atoms with Gasteiger partial charge in [-0.3, -0.25) is 4.79 Å². The Kier molecular flexibility index (Phi) is 7.48. The Morgan fingerprint density at radius 3 is 2.78 bits per heavy atom. The van der Waals surface area contributed by atoms with Crippen LogP contribution in [-0.4, -0.2) is 42.5 Å². The molecule has 1 atom stereocenters. The summed E-state index contributed by atoms with van der Waals surface area (Å²) in [6.07, 6.45) is 4.23. The second kappa shape index (κ2) is 9.99. The summed E-state index contributed by atoms with van der Waals surface area (Å²) in [5.41, 5.74) is 1.07. The minimum atomic E-state index is -3.66. The number of hydrogen-bond acceptors (Lipinski definition) is 6. The Morgan fingerprint density at radius 1 is 1.28 bits per heavy atom. The standard InChI is InChI=1S/C21H24ClN3O3S4/c1-3-10-25-16-7-6-15(29-2)12-17(16)30-21(25)23-20(26)14-5-4-11-24(13-14)32(27,28)19-9-8-18(22)31-19/h6-9,12,14H,3-5,10-11,13H2,1-2H3. The lowest BCUT2D eigenvalue weighted by Crippen LogP contribution is -2.42. The van der Waals surface area contributed by atoms with Gasteiger partial charge in [0.05, 0.1) is 20.5 Å². The molecule has 1 saturated heterocycles. The molecule has 0 N–H and O–H groups in total. The molecule has 1 fully saturated rings. The summed E-state index contributed by atoms with van der Waals surface area (Å²) in [4.78, 5) is 19.4. The molecule has 0 radical (unpaired) electrons. The number of carbonyl (C=O) groups excluding carboxylic acids is 1. The molecule has 0 saturated carbocycles. The minimum Gasteiger partial charge on any atom is -0.316 e. The average Bonchev–Trinajstić information content (AvgIpc) is 3.37. The first-order valence-corrected chi connectivity index (χ1v) is 15.0. The normalized spacial score (nSPS) is 18.5. The number of aryl methyl sites for hydroxylation is 1. The zero-order chi connectivity index (χ0) is 22.9. The fourth-order valence-corrected chi connectivity index (χ4v) is 8.59. The van der Waals surface area contributed by atoms with Crippen molar-refractivity contribution in [1.82, 2.24) is 8.87 Å². The maximum Gasteiger partial charge on any atom is 0.252 e. The highest BCUT2D eigenvalue weighted by atomic mass is 35.5. The Balaban J connectivity index is 1.63. The van der Waals surface area contributed by atoms with Gasteiger partial charge in [0, 0.05) is 24.5 Å². The van der Waals surface area contributed by atoms with Crippen LogP contribution in [0.1, 0.15) is 26.2 Å². The van der Waals surface area contributed by atoms with Gasteiger partial charge < -0.3 is 4.57 Å². The van der Waals surface area contributed by atoms with Gasteiger partial charge in [-0.2, -0.15) is 9.30 Å². The lowest BCUT2D eigenvalue weighted by atomic mass is 9.99. The van der Waals surface area contributed by atoms with Crippen LogP contribution in [0.15, 0.2) is 44.4 Å². The lowest BCUT2D eigenvalue weighted by Gasteiger charge is -2.29. The van der Waals surface area contributed by atoms with Crippen LogP contribution in [0.3, 0.4) is 0 Å². The van der Waals surface area contributed by atoms with Crippen LogP contribution in [0.5, 0.6) is 0 Å². The summed E-state index contributed by atoms with van der Waals surface area (Å²) in [5, 5.41) is 0. The van der Waals surface area contributed by atoms with Crippen molar-refractivity contribution in [2.75, 3.05) is 19.3 Å². The van der Waals surface area contributed by atoms with Crippen LogP contribution in [0.25, 0.3) is 10.2 Å². The molecule has 3 aromatic rings. The number of nitrogens with zero attached hydrogens (tertiary/aromatic N) is 3. The number of benzene rings is 1. The van der Waals surface area contributed by atoms with E-state index < -0.39 is 15.9 Å². The molecule has 3 heterocycles. The van der Waals surface area contributed by atoms with E-state index in [0.29, 0.717) is 28.5 Å². The molecular formula is C21H24ClN3O3S4. The van der Waals surface area contributed by atoms with Crippen molar-refractivity contribution in [2.45, 2.75) is 41.8 Å². The fraction of sp³-hybridized carbons (Fsp3) is 0.429. The lowest BCUT2D eigenvalue weighted by molar-refractivity contribution is -0.122. The van der Waals surface area contributed by atoms with Gasteiger partial charge in [0.15, 0.2) is 4.80 Å². The predicted octanol–water partition coefficient (Wildman–Crippen LogP) is 5.08. The van der Waals surface area contributed by atoms with Crippen molar-refractivity contribution < 1.29 is 13.2 Å². The largest absolute Gasteiger partial charge is 0.316 e. The van der Waals surface area contributed by atoms with Crippen molar-refractivity contribution >= 4 is 72.2 Å². The minimum absolute atomic E-state index is 0.148. The molecule has 2 aromatic heterocycles. The Bertz CT molecular complexity index is 1310. The van der Waals surface area contributed by atoms with Crippen LogP contribution < -0.4 is 4.80 Å². The molecule has 1 unspecified atom stereocenters. The second-order valence-electron chi connectivity index (χ2n) is 7.58. The number of aromatic nitrogens is 1. The third kappa shape index (κ3) is 4.85.